The van der Waals surface area contributed by atoms with Gasteiger partial charge in [0.05, 0.1) is 6.10 Å². The molecule has 8 heteroatoms. The standard InChI is InChI=1S/C17H25N5O2S/c1-11(2)22-12(3)18-16(20-22)19-17(24)21-8-6-13(7-9-21)15(23)14-5-4-10-25-14/h4-5,10-11,13,15,23H,6-9H2,1-3H3,(H,19,20,24)/t15-/m1/s1. The number of aliphatic hydroxyl groups is 1. The minimum atomic E-state index is -0.434. The molecule has 1 atom stereocenters. The van der Waals surface area contributed by atoms with Crippen LogP contribution < -0.4 is 5.32 Å². The highest BCUT2D eigenvalue weighted by Crippen LogP contribution is 2.33. The molecule has 0 aliphatic carbocycles. The first-order chi connectivity index (χ1) is 12.0. The molecule has 2 N–H and O–H groups in total. The minimum Gasteiger partial charge on any atom is -0.387 e. The number of likely N-dealkylation sites (tertiary alicyclic amines) is 1. The molecule has 0 saturated carbocycles. The zero-order chi connectivity index (χ0) is 18.0. The van der Waals surface area contributed by atoms with Crippen LogP contribution in [0.15, 0.2) is 17.5 Å². The number of piperidine rings is 1. The second-order valence-electron chi connectivity index (χ2n) is 6.74. The summed E-state index contributed by atoms with van der Waals surface area (Å²) in [5, 5.41) is 19.5. The van der Waals surface area contributed by atoms with E-state index in [1.54, 1.807) is 20.9 Å². The van der Waals surface area contributed by atoms with Gasteiger partial charge in [0.15, 0.2) is 0 Å². The van der Waals surface area contributed by atoms with Gasteiger partial charge < -0.3 is 10.0 Å². The molecule has 0 spiro atoms. The molecule has 2 amide bonds. The van der Waals surface area contributed by atoms with Gasteiger partial charge in [-0.15, -0.1) is 16.4 Å². The highest BCUT2D eigenvalue weighted by atomic mass is 32.1. The van der Waals surface area contributed by atoms with E-state index in [1.807, 2.05) is 38.3 Å². The molecule has 1 aliphatic heterocycles. The van der Waals surface area contributed by atoms with Gasteiger partial charge in [-0.3, -0.25) is 5.32 Å². The van der Waals surface area contributed by atoms with Crippen LogP contribution in [-0.4, -0.2) is 43.9 Å². The molecular formula is C17H25N5O2S. The van der Waals surface area contributed by atoms with Crippen LogP contribution in [-0.2, 0) is 0 Å². The van der Waals surface area contributed by atoms with E-state index in [1.165, 1.54) is 0 Å². The van der Waals surface area contributed by atoms with E-state index in [9.17, 15) is 9.90 Å². The van der Waals surface area contributed by atoms with E-state index < -0.39 is 6.10 Å². The number of hydrogen-bond donors (Lipinski definition) is 2. The molecule has 25 heavy (non-hydrogen) atoms. The van der Waals surface area contributed by atoms with E-state index in [2.05, 4.69) is 15.4 Å². The van der Waals surface area contributed by atoms with Gasteiger partial charge in [-0.05, 0) is 51.0 Å². The van der Waals surface area contributed by atoms with Crippen molar-refractivity contribution in [3.05, 3.63) is 28.2 Å². The summed E-state index contributed by atoms with van der Waals surface area (Å²) in [5.74, 6) is 1.32. The lowest BCUT2D eigenvalue weighted by Gasteiger charge is -2.33. The van der Waals surface area contributed by atoms with Gasteiger partial charge in [0.25, 0.3) is 0 Å². The first-order valence-electron chi connectivity index (χ1n) is 8.66. The van der Waals surface area contributed by atoms with Crippen molar-refractivity contribution in [2.24, 2.45) is 5.92 Å². The third-order valence-electron chi connectivity index (χ3n) is 4.62. The first kappa shape index (κ1) is 17.9. The van der Waals surface area contributed by atoms with Gasteiger partial charge >= 0.3 is 6.03 Å². The van der Waals surface area contributed by atoms with Crippen LogP contribution >= 0.6 is 11.3 Å². The highest BCUT2D eigenvalue weighted by Gasteiger charge is 2.29. The fraction of sp³-hybridized carbons (Fsp3) is 0.588. The number of carbonyl (C=O) groups excluding carboxylic acids is 1. The van der Waals surface area contributed by atoms with Crippen molar-refractivity contribution in [1.29, 1.82) is 0 Å². The molecule has 0 radical (unpaired) electrons. The van der Waals surface area contributed by atoms with Gasteiger partial charge in [0.2, 0.25) is 5.95 Å². The smallest absolute Gasteiger partial charge is 0.324 e. The number of hydrogen-bond acceptors (Lipinski definition) is 5. The number of aryl methyl sites for hydroxylation is 1. The van der Waals surface area contributed by atoms with E-state index >= 15 is 0 Å². The summed E-state index contributed by atoms with van der Waals surface area (Å²) in [6.07, 6.45) is 1.15. The molecule has 1 fully saturated rings. The maximum atomic E-state index is 12.4. The largest absolute Gasteiger partial charge is 0.387 e. The molecule has 0 unspecified atom stereocenters. The van der Waals surface area contributed by atoms with E-state index in [0.717, 1.165) is 23.5 Å². The Bertz CT molecular complexity index is 705. The van der Waals surface area contributed by atoms with Gasteiger partial charge in [-0.25, -0.2) is 9.48 Å². The zero-order valence-electron chi connectivity index (χ0n) is 14.8. The van der Waals surface area contributed by atoms with Crippen molar-refractivity contribution in [2.45, 2.75) is 45.8 Å². The molecule has 2 aromatic heterocycles. The topological polar surface area (TPSA) is 83.3 Å². The number of aliphatic hydroxyl groups excluding tert-OH is 1. The summed E-state index contributed by atoms with van der Waals surface area (Å²) in [6.45, 7) is 7.18. The Labute approximate surface area is 151 Å². The molecule has 1 saturated heterocycles. The highest BCUT2D eigenvalue weighted by molar-refractivity contribution is 7.10. The average molecular weight is 363 g/mol. The lowest BCUT2D eigenvalue weighted by Crippen LogP contribution is -2.42. The molecule has 7 nitrogen and oxygen atoms in total. The maximum Gasteiger partial charge on any atom is 0.324 e. The Kier molecular flexibility index (Phi) is 5.39. The number of amides is 2. The summed E-state index contributed by atoms with van der Waals surface area (Å²) in [5.41, 5.74) is 0. The average Bonchev–Trinajstić information content (AvgIpc) is 3.24. The van der Waals surface area contributed by atoms with Crippen molar-refractivity contribution in [1.82, 2.24) is 19.7 Å². The zero-order valence-corrected chi connectivity index (χ0v) is 15.7. The number of aromatic nitrogens is 3. The van der Waals surface area contributed by atoms with Crippen molar-refractivity contribution in [3.8, 4) is 0 Å². The molecule has 3 rings (SSSR count). The second kappa shape index (κ2) is 7.53. The number of carbonyl (C=O) groups is 1. The number of thiophene rings is 1. The normalized spacial score (nSPS) is 17.1. The first-order valence-corrected chi connectivity index (χ1v) is 9.54. The quantitative estimate of drug-likeness (QED) is 0.874. The van der Waals surface area contributed by atoms with E-state index in [-0.39, 0.29) is 18.0 Å². The van der Waals surface area contributed by atoms with E-state index in [0.29, 0.717) is 19.0 Å². The van der Waals surface area contributed by atoms with Crippen molar-refractivity contribution in [3.63, 3.8) is 0 Å². The predicted octanol–water partition coefficient (Wildman–Crippen LogP) is 3.21. The van der Waals surface area contributed by atoms with E-state index in [4.69, 9.17) is 0 Å². The Balaban J connectivity index is 1.54. The molecule has 0 aromatic carbocycles. The van der Waals surface area contributed by atoms with Crippen molar-refractivity contribution < 1.29 is 9.90 Å². The minimum absolute atomic E-state index is 0.176. The summed E-state index contributed by atoms with van der Waals surface area (Å²) in [7, 11) is 0. The number of nitrogens with one attached hydrogen (secondary N) is 1. The van der Waals surface area contributed by atoms with Crippen molar-refractivity contribution >= 4 is 23.3 Å². The summed E-state index contributed by atoms with van der Waals surface area (Å²) < 4.78 is 1.79. The predicted molar refractivity (Wildman–Crippen MR) is 97.7 cm³/mol. The number of anilines is 1. The fourth-order valence-electron chi connectivity index (χ4n) is 3.23. The van der Waals surface area contributed by atoms with Crippen LogP contribution in [0.3, 0.4) is 0 Å². The molecule has 3 heterocycles. The Hall–Kier alpha value is -1.93. The van der Waals surface area contributed by atoms with Crippen LogP contribution in [0.25, 0.3) is 0 Å². The third-order valence-corrected chi connectivity index (χ3v) is 5.56. The van der Waals surface area contributed by atoms with Crippen LogP contribution in [0, 0.1) is 12.8 Å². The summed E-state index contributed by atoms with van der Waals surface area (Å²) in [4.78, 5) is 19.5. The Morgan fingerprint density at radius 2 is 2.12 bits per heavy atom. The molecule has 1 aliphatic rings. The van der Waals surface area contributed by atoms with Crippen molar-refractivity contribution in [2.75, 3.05) is 18.4 Å². The lowest BCUT2D eigenvalue weighted by molar-refractivity contribution is 0.0708. The van der Waals surface area contributed by atoms with Gasteiger partial charge in [0, 0.05) is 24.0 Å². The monoisotopic (exact) mass is 363 g/mol. The van der Waals surface area contributed by atoms with Crippen LogP contribution in [0.4, 0.5) is 10.7 Å². The van der Waals surface area contributed by atoms with Gasteiger partial charge in [-0.1, -0.05) is 6.07 Å². The van der Waals surface area contributed by atoms with Gasteiger partial charge in [0.1, 0.15) is 5.82 Å². The SMILES string of the molecule is Cc1nc(NC(=O)N2CCC([C@@H](O)c3cccs3)CC2)nn1C(C)C. The van der Waals surface area contributed by atoms with Crippen LogP contribution in [0.1, 0.15) is 49.5 Å². The number of urea groups is 1. The number of rotatable bonds is 4. The summed E-state index contributed by atoms with van der Waals surface area (Å²) >= 11 is 1.58. The Morgan fingerprint density at radius 3 is 2.68 bits per heavy atom. The molecule has 2 aromatic rings. The number of nitrogens with zero attached hydrogens (tertiary/aromatic N) is 4. The molecule has 136 valence electrons. The lowest BCUT2D eigenvalue weighted by atomic mass is 9.90. The Morgan fingerprint density at radius 1 is 1.40 bits per heavy atom. The maximum absolute atomic E-state index is 12.4. The second-order valence-corrected chi connectivity index (χ2v) is 7.72. The fourth-order valence-corrected chi connectivity index (χ4v) is 4.03. The van der Waals surface area contributed by atoms with Crippen LogP contribution in [0.2, 0.25) is 0 Å². The molecular weight excluding hydrogens is 338 g/mol. The van der Waals surface area contributed by atoms with Gasteiger partial charge in [-0.2, -0.15) is 4.98 Å². The summed E-state index contributed by atoms with van der Waals surface area (Å²) in [6, 6.07) is 3.95. The molecule has 0 bridgehead atoms. The third kappa shape index (κ3) is 4.01. The van der Waals surface area contributed by atoms with Crippen LogP contribution in [0.5, 0.6) is 0 Å².